The number of aliphatic hydroxyl groups excluding tert-OH is 1. The van der Waals surface area contributed by atoms with E-state index in [9.17, 15) is 9.90 Å². The first-order valence-electron chi connectivity index (χ1n) is 5.98. The maximum absolute atomic E-state index is 11.8. The Hall–Kier alpha value is -1.36. The largest absolute Gasteiger partial charge is 0.396 e. The lowest BCUT2D eigenvalue weighted by atomic mass is 9.87. The normalized spacial score (nSPS) is 18.2. The van der Waals surface area contributed by atoms with Crippen LogP contribution in [0, 0.1) is 12.3 Å². The Morgan fingerprint density at radius 3 is 2.82 bits per heavy atom. The van der Waals surface area contributed by atoms with Crippen molar-refractivity contribution in [1.82, 2.24) is 10.5 Å². The Morgan fingerprint density at radius 1 is 1.59 bits per heavy atom. The van der Waals surface area contributed by atoms with Gasteiger partial charge in [0.1, 0.15) is 5.76 Å². The molecule has 2 rings (SSSR count). The molecule has 0 saturated heterocycles. The van der Waals surface area contributed by atoms with E-state index in [1.807, 2.05) is 0 Å². The Kier molecular flexibility index (Phi) is 3.47. The van der Waals surface area contributed by atoms with Crippen molar-refractivity contribution in [1.29, 1.82) is 0 Å². The molecule has 0 atom stereocenters. The average molecular weight is 238 g/mol. The van der Waals surface area contributed by atoms with Crippen LogP contribution in [0.5, 0.6) is 0 Å². The van der Waals surface area contributed by atoms with Crippen molar-refractivity contribution < 1.29 is 14.4 Å². The van der Waals surface area contributed by atoms with Crippen LogP contribution >= 0.6 is 0 Å². The highest BCUT2D eigenvalue weighted by molar-refractivity contribution is 5.92. The van der Waals surface area contributed by atoms with E-state index in [1.54, 1.807) is 13.0 Å². The van der Waals surface area contributed by atoms with Crippen LogP contribution < -0.4 is 5.32 Å². The summed E-state index contributed by atoms with van der Waals surface area (Å²) in [5.41, 5.74) is 0.169. The van der Waals surface area contributed by atoms with E-state index in [1.165, 1.54) is 0 Å². The third-order valence-electron chi connectivity index (χ3n) is 3.48. The number of aryl methyl sites for hydroxylation is 1. The van der Waals surface area contributed by atoms with Crippen molar-refractivity contribution in [2.45, 2.75) is 32.6 Å². The number of nitrogens with one attached hydrogen (secondary N) is 1. The van der Waals surface area contributed by atoms with Gasteiger partial charge in [-0.1, -0.05) is 18.0 Å². The number of nitrogens with zero attached hydrogens (tertiary/aromatic N) is 1. The number of aromatic nitrogens is 1. The van der Waals surface area contributed by atoms with Crippen LogP contribution in [0.3, 0.4) is 0 Å². The molecule has 17 heavy (non-hydrogen) atoms. The first-order valence-corrected chi connectivity index (χ1v) is 5.98. The number of carbonyl (C=O) groups excluding carboxylic acids is 1. The van der Waals surface area contributed by atoms with Crippen LogP contribution in [0.4, 0.5) is 0 Å². The fraction of sp³-hybridized carbons (Fsp3) is 0.667. The Balaban J connectivity index is 1.91. The third kappa shape index (κ3) is 2.66. The van der Waals surface area contributed by atoms with E-state index in [2.05, 4.69) is 10.5 Å². The summed E-state index contributed by atoms with van der Waals surface area (Å²) in [5.74, 6) is 0.384. The lowest BCUT2D eigenvalue weighted by molar-refractivity contribution is 0.0872. The van der Waals surface area contributed by atoms with E-state index < -0.39 is 0 Å². The van der Waals surface area contributed by atoms with Crippen LogP contribution in [0.25, 0.3) is 0 Å². The van der Waals surface area contributed by atoms with Crippen molar-refractivity contribution >= 4 is 5.91 Å². The van der Waals surface area contributed by atoms with Gasteiger partial charge >= 0.3 is 0 Å². The summed E-state index contributed by atoms with van der Waals surface area (Å²) in [5, 5.41) is 15.9. The van der Waals surface area contributed by atoms with E-state index >= 15 is 0 Å². The molecular formula is C12H18N2O3. The van der Waals surface area contributed by atoms with Gasteiger partial charge in [0, 0.05) is 18.0 Å². The fourth-order valence-corrected chi connectivity index (χ4v) is 2.35. The van der Waals surface area contributed by atoms with Gasteiger partial charge in [-0.15, -0.1) is 0 Å². The van der Waals surface area contributed by atoms with Gasteiger partial charge in [0.2, 0.25) is 0 Å². The summed E-state index contributed by atoms with van der Waals surface area (Å²) in [6, 6.07) is 1.61. The Labute approximate surface area is 100 Å². The van der Waals surface area contributed by atoms with Gasteiger partial charge < -0.3 is 14.9 Å². The first kappa shape index (κ1) is 12.1. The third-order valence-corrected chi connectivity index (χ3v) is 3.48. The number of hydrogen-bond acceptors (Lipinski definition) is 4. The average Bonchev–Trinajstić information content (AvgIpc) is 2.95. The minimum absolute atomic E-state index is 0.130. The molecule has 1 aliphatic rings. The molecule has 0 spiro atoms. The lowest BCUT2D eigenvalue weighted by Gasteiger charge is -2.26. The molecule has 0 aromatic carbocycles. The number of amides is 1. The molecule has 5 nitrogen and oxygen atoms in total. The van der Waals surface area contributed by atoms with Crippen molar-refractivity contribution in [2.24, 2.45) is 5.41 Å². The number of carbonyl (C=O) groups is 1. The molecule has 0 unspecified atom stereocenters. The molecule has 1 amide bonds. The van der Waals surface area contributed by atoms with E-state index in [-0.39, 0.29) is 17.9 Å². The first-order chi connectivity index (χ1) is 8.15. The van der Waals surface area contributed by atoms with E-state index in [0.29, 0.717) is 18.0 Å². The summed E-state index contributed by atoms with van der Waals surface area (Å²) in [6.07, 6.45) is 4.20. The highest BCUT2D eigenvalue weighted by Gasteiger charge is 2.33. The Bertz CT molecular complexity index is 394. The van der Waals surface area contributed by atoms with Gasteiger partial charge in [0.05, 0.1) is 6.61 Å². The molecule has 1 fully saturated rings. The van der Waals surface area contributed by atoms with E-state index in [4.69, 9.17) is 4.52 Å². The zero-order valence-electron chi connectivity index (χ0n) is 10.0. The summed E-state index contributed by atoms with van der Waals surface area (Å²) in [4.78, 5) is 11.8. The highest BCUT2D eigenvalue weighted by Crippen LogP contribution is 2.36. The quantitative estimate of drug-likeness (QED) is 0.828. The van der Waals surface area contributed by atoms with Crippen molar-refractivity contribution in [3.63, 3.8) is 0 Å². The molecule has 0 bridgehead atoms. The van der Waals surface area contributed by atoms with Crippen LogP contribution in [0.1, 0.15) is 41.9 Å². The smallest absolute Gasteiger partial charge is 0.273 e. The number of rotatable bonds is 4. The summed E-state index contributed by atoms with van der Waals surface area (Å²) in [6.45, 7) is 2.38. The second-order valence-corrected chi connectivity index (χ2v) is 4.87. The standard InChI is InChI=1S/C12H18N2O3/c1-9-6-10(14-17-9)11(16)13-7-12(8-15)4-2-3-5-12/h6,15H,2-5,7-8H2,1H3,(H,13,16). The van der Waals surface area contributed by atoms with Crippen molar-refractivity contribution in [3.05, 3.63) is 17.5 Å². The predicted octanol–water partition coefficient (Wildman–Crippen LogP) is 1.27. The Morgan fingerprint density at radius 2 is 2.29 bits per heavy atom. The zero-order chi connectivity index (χ0) is 12.3. The van der Waals surface area contributed by atoms with Gasteiger partial charge in [0.15, 0.2) is 5.69 Å². The van der Waals surface area contributed by atoms with Crippen LogP contribution in [0.2, 0.25) is 0 Å². The summed E-state index contributed by atoms with van der Waals surface area (Å²) in [7, 11) is 0. The minimum Gasteiger partial charge on any atom is -0.396 e. The van der Waals surface area contributed by atoms with Gasteiger partial charge in [-0.25, -0.2) is 0 Å². The highest BCUT2D eigenvalue weighted by atomic mass is 16.5. The minimum atomic E-state index is -0.235. The second-order valence-electron chi connectivity index (χ2n) is 4.87. The molecule has 0 radical (unpaired) electrons. The topological polar surface area (TPSA) is 75.4 Å². The monoisotopic (exact) mass is 238 g/mol. The number of hydrogen-bond donors (Lipinski definition) is 2. The summed E-state index contributed by atoms with van der Waals surface area (Å²) >= 11 is 0. The lowest BCUT2D eigenvalue weighted by Crippen LogP contribution is -2.38. The number of aliphatic hydroxyl groups is 1. The SMILES string of the molecule is Cc1cc(C(=O)NCC2(CO)CCCC2)no1. The predicted molar refractivity (Wildman–Crippen MR) is 61.6 cm³/mol. The molecule has 2 N–H and O–H groups in total. The molecule has 1 aromatic heterocycles. The van der Waals surface area contributed by atoms with Crippen molar-refractivity contribution in [3.8, 4) is 0 Å². The van der Waals surface area contributed by atoms with E-state index in [0.717, 1.165) is 25.7 Å². The fourth-order valence-electron chi connectivity index (χ4n) is 2.35. The van der Waals surface area contributed by atoms with Gasteiger partial charge in [-0.3, -0.25) is 4.79 Å². The molecule has 1 saturated carbocycles. The van der Waals surface area contributed by atoms with Crippen LogP contribution in [-0.2, 0) is 0 Å². The molecular weight excluding hydrogens is 220 g/mol. The maximum atomic E-state index is 11.8. The van der Waals surface area contributed by atoms with Crippen LogP contribution in [0.15, 0.2) is 10.6 Å². The molecule has 1 heterocycles. The second kappa shape index (κ2) is 4.87. The van der Waals surface area contributed by atoms with Gasteiger partial charge in [-0.05, 0) is 19.8 Å². The van der Waals surface area contributed by atoms with Crippen LogP contribution in [-0.4, -0.2) is 29.3 Å². The van der Waals surface area contributed by atoms with Gasteiger partial charge in [0.25, 0.3) is 5.91 Å². The zero-order valence-corrected chi connectivity index (χ0v) is 10.0. The summed E-state index contributed by atoms with van der Waals surface area (Å²) < 4.78 is 4.85. The molecule has 0 aliphatic heterocycles. The van der Waals surface area contributed by atoms with Gasteiger partial charge in [-0.2, -0.15) is 0 Å². The molecule has 5 heteroatoms. The maximum Gasteiger partial charge on any atom is 0.273 e. The molecule has 1 aliphatic carbocycles. The molecule has 94 valence electrons. The van der Waals surface area contributed by atoms with Crippen molar-refractivity contribution in [2.75, 3.05) is 13.2 Å². The molecule has 1 aromatic rings.